The highest BCUT2D eigenvalue weighted by Gasteiger charge is 2.21. The molecule has 0 aliphatic rings. The van der Waals surface area contributed by atoms with Crippen molar-refractivity contribution in [2.24, 2.45) is 5.73 Å². The van der Waals surface area contributed by atoms with Crippen LogP contribution in [0.3, 0.4) is 0 Å². The van der Waals surface area contributed by atoms with Crippen LogP contribution in [0.4, 0.5) is 0 Å². The molecule has 0 saturated heterocycles. The van der Waals surface area contributed by atoms with Gasteiger partial charge < -0.3 is 20.5 Å². The molecule has 0 saturated carbocycles. The first-order chi connectivity index (χ1) is 11.5. The van der Waals surface area contributed by atoms with Crippen LogP contribution in [-0.2, 0) is 9.53 Å². The number of aryl methyl sites for hydroxylation is 1. The topological polar surface area (TPSA) is 73.6 Å². The lowest BCUT2D eigenvalue weighted by atomic mass is 9.97. The number of nitrogens with one attached hydrogen (secondary N) is 1. The van der Waals surface area contributed by atoms with Gasteiger partial charge in [0, 0.05) is 7.11 Å². The number of nitrogens with two attached hydrogens (primary N) is 1. The van der Waals surface area contributed by atoms with Gasteiger partial charge in [0.1, 0.15) is 11.8 Å². The normalized spacial score (nSPS) is 12.6. The Labute approximate surface area is 154 Å². The molecule has 0 aliphatic carbocycles. The van der Waals surface area contributed by atoms with Crippen LogP contribution >= 0.6 is 12.4 Å². The van der Waals surface area contributed by atoms with Gasteiger partial charge in [-0.25, -0.2) is 0 Å². The van der Waals surface area contributed by atoms with Gasteiger partial charge in [0.25, 0.3) is 0 Å². The van der Waals surface area contributed by atoms with E-state index in [0.29, 0.717) is 0 Å². The fraction of sp³-hybridized carbons (Fsp3) is 0.316. The van der Waals surface area contributed by atoms with Crippen LogP contribution in [0, 0.1) is 6.92 Å². The van der Waals surface area contributed by atoms with E-state index in [0.717, 1.165) is 22.4 Å². The summed E-state index contributed by atoms with van der Waals surface area (Å²) in [6.07, 6.45) is 0. The van der Waals surface area contributed by atoms with Crippen molar-refractivity contribution in [3.8, 4) is 5.75 Å². The van der Waals surface area contributed by atoms with Gasteiger partial charge in [0.2, 0.25) is 5.91 Å². The van der Waals surface area contributed by atoms with Crippen molar-refractivity contribution in [2.75, 3.05) is 20.8 Å². The van der Waals surface area contributed by atoms with Crippen LogP contribution in [0.2, 0.25) is 0 Å². The van der Waals surface area contributed by atoms with Gasteiger partial charge in [-0.15, -0.1) is 12.4 Å². The largest absolute Gasteiger partial charge is 0.497 e. The Hall–Kier alpha value is -2.08. The molecule has 0 aromatic heterocycles. The molecule has 0 spiro atoms. The molecule has 5 nitrogen and oxygen atoms in total. The number of benzene rings is 2. The zero-order chi connectivity index (χ0) is 17.5. The summed E-state index contributed by atoms with van der Waals surface area (Å²) in [7, 11) is 3.14. The summed E-state index contributed by atoms with van der Waals surface area (Å²) in [4.78, 5) is 12.3. The average Bonchev–Trinajstić information content (AvgIpc) is 2.60. The van der Waals surface area contributed by atoms with E-state index >= 15 is 0 Å². The molecule has 2 aromatic rings. The average molecular weight is 365 g/mol. The third-order valence-electron chi connectivity index (χ3n) is 3.83. The van der Waals surface area contributed by atoms with Gasteiger partial charge >= 0.3 is 0 Å². The maximum Gasteiger partial charge on any atom is 0.240 e. The van der Waals surface area contributed by atoms with Crippen LogP contribution in [-0.4, -0.2) is 32.8 Å². The number of carbonyl (C=O) groups excluding carboxylic acids is 1. The van der Waals surface area contributed by atoms with Crippen molar-refractivity contribution in [1.29, 1.82) is 0 Å². The molecule has 0 bridgehead atoms. The predicted octanol–water partition coefficient (Wildman–Crippen LogP) is 2.60. The molecule has 0 radical (unpaired) electrons. The molecule has 2 aromatic carbocycles. The Kier molecular flexibility index (Phi) is 8.41. The zero-order valence-electron chi connectivity index (χ0n) is 14.7. The minimum absolute atomic E-state index is 0. The summed E-state index contributed by atoms with van der Waals surface area (Å²) in [6, 6.07) is 14.7. The molecule has 3 N–H and O–H groups in total. The molecule has 2 atom stereocenters. The summed E-state index contributed by atoms with van der Waals surface area (Å²) < 4.78 is 10.2. The lowest BCUT2D eigenvalue weighted by Crippen LogP contribution is -2.45. The van der Waals surface area contributed by atoms with E-state index < -0.39 is 6.04 Å². The lowest BCUT2D eigenvalue weighted by Gasteiger charge is -2.22. The molecular weight excluding hydrogens is 340 g/mol. The van der Waals surface area contributed by atoms with Crippen LogP contribution in [0.15, 0.2) is 48.5 Å². The first-order valence-corrected chi connectivity index (χ1v) is 7.80. The Morgan fingerprint density at radius 2 is 1.56 bits per heavy atom. The monoisotopic (exact) mass is 364 g/mol. The van der Waals surface area contributed by atoms with E-state index in [9.17, 15) is 4.79 Å². The standard InChI is InChI=1S/C19H24N2O3.ClH/c1-13-4-6-14(7-5-13)18(21-19(22)17(20)12-23-2)15-8-10-16(24-3)11-9-15;/h4-11,17-18H,12,20H2,1-3H3,(H,21,22);1H. The fourth-order valence-corrected chi connectivity index (χ4v) is 2.42. The van der Waals surface area contributed by atoms with Crippen molar-refractivity contribution in [3.05, 3.63) is 65.2 Å². The highest BCUT2D eigenvalue weighted by Crippen LogP contribution is 2.24. The van der Waals surface area contributed by atoms with Gasteiger partial charge in [-0.1, -0.05) is 42.0 Å². The maximum absolute atomic E-state index is 12.3. The van der Waals surface area contributed by atoms with Gasteiger partial charge in [-0.05, 0) is 30.2 Å². The SMILES string of the molecule is COCC(N)C(=O)NC(c1ccc(C)cc1)c1ccc(OC)cc1.Cl. The molecule has 2 unspecified atom stereocenters. The Balaban J connectivity index is 0.00000312. The smallest absolute Gasteiger partial charge is 0.240 e. The summed E-state index contributed by atoms with van der Waals surface area (Å²) in [6.45, 7) is 2.20. The van der Waals surface area contributed by atoms with Crippen molar-refractivity contribution in [3.63, 3.8) is 0 Å². The van der Waals surface area contributed by atoms with Crippen LogP contribution in [0.1, 0.15) is 22.7 Å². The number of hydrogen-bond acceptors (Lipinski definition) is 4. The molecule has 136 valence electrons. The number of carbonyl (C=O) groups is 1. The minimum Gasteiger partial charge on any atom is -0.497 e. The number of amides is 1. The van der Waals surface area contributed by atoms with E-state index in [4.69, 9.17) is 15.2 Å². The second-order valence-corrected chi connectivity index (χ2v) is 5.69. The molecular formula is C19H25ClN2O3. The first-order valence-electron chi connectivity index (χ1n) is 7.80. The Morgan fingerprint density at radius 1 is 1.04 bits per heavy atom. The van der Waals surface area contributed by atoms with Crippen molar-refractivity contribution in [1.82, 2.24) is 5.32 Å². The van der Waals surface area contributed by atoms with E-state index in [1.165, 1.54) is 7.11 Å². The summed E-state index contributed by atoms with van der Waals surface area (Å²) >= 11 is 0. The highest BCUT2D eigenvalue weighted by molar-refractivity contribution is 5.85. The molecule has 0 aliphatic heterocycles. The number of methoxy groups -OCH3 is 2. The van der Waals surface area contributed by atoms with Gasteiger partial charge in [-0.2, -0.15) is 0 Å². The second kappa shape index (κ2) is 10.0. The maximum atomic E-state index is 12.3. The van der Waals surface area contributed by atoms with Crippen LogP contribution < -0.4 is 15.8 Å². The zero-order valence-corrected chi connectivity index (χ0v) is 15.5. The molecule has 0 heterocycles. The predicted molar refractivity (Wildman–Crippen MR) is 101 cm³/mol. The number of halogens is 1. The fourth-order valence-electron chi connectivity index (χ4n) is 2.42. The summed E-state index contributed by atoms with van der Waals surface area (Å²) in [5.74, 6) is 0.516. The van der Waals surface area contributed by atoms with E-state index in [1.54, 1.807) is 7.11 Å². The van der Waals surface area contributed by atoms with Gasteiger partial charge in [-0.3, -0.25) is 4.79 Å². The quantitative estimate of drug-likeness (QED) is 0.792. The number of hydrogen-bond donors (Lipinski definition) is 2. The Bertz CT molecular complexity index is 659. The van der Waals surface area contributed by atoms with Crippen molar-refractivity contribution < 1.29 is 14.3 Å². The molecule has 2 rings (SSSR count). The molecule has 1 amide bonds. The summed E-state index contributed by atoms with van der Waals surface area (Å²) in [5, 5.41) is 3.01. The number of rotatable bonds is 7. The molecule has 6 heteroatoms. The summed E-state index contributed by atoms with van der Waals surface area (Å²) in [5.41, 5.74) is 8.95. The van der Waals surface area contributed by atoms with E-state index in [1.807, 2.05) is 55.5 Å². The van der Waals surface area contributed by atoms with Crippen LogP contribution in [0.5, 0.6) is 5.75 Å². The van der Waals surface area contributed by atoms with Crippen molar-refractivity contribution >= 4 is 18.3 Å². The number of ether oxygens (including phenoxy) is 2. The third kappa shape index (κ3) is 5.74. The van der Waals surface area contributed by atoms with Crippen molar-refractivity contribution in [2.45, 2.75) is 19.0 Å². The molecule has 25 heavy (non-hydrogen) atoms. The lowest BCUT2D eigenvalue weighted by molar-refractivity contribution is -0.123. The van der Waals surface area contributed by atoms with E-state index in [2.05, 4.69) is 5.32 Å². The second-order valence-electron chi connectivity index (χ2n) is 5.69. The van der Waals surface area contributed by atoms with Crippen LogP contribution in [0.25, 0.3) is 0 Å². The minimum atomic E-state index is -0.707. The van der Waals surface area contributed by atoms with Gasteiger partial charge in [0.15, 0.2) is 0 Å². The third-order valence-corrected chi connectivity index (χ3v) is 3.83. The highest BCUT2D eigenvalue weighted by atomic mass is 35.5. The van der Waals surface area contributed by atoms with E-state index in [-0.39, 0.29) is 31.0 Å². The first kappa shape index (κ1) is 21.0. The Morgan fingerprint density at radius 3 is 2.04 bits per heavy atom. The molecule has 0 fully saturated rings. The van der Waals surface area contributed by atoms with Gasteiger partial charge in [0.05, 0.1) is 19.8 Å².